The van der Waals surface area contributed by atoms with Crippen molar-refractivity contribution >= 4 is 0 Å². The van der Waals surface area contributed by atoms with Crippen LogP contribution in [0.3, 0.4) is 0 Å². The van der Waals surface area contributed by atoms with Gasteiger partial charge in [-0.25, -0.2) is 26.3 Å². The van der Waals surface area contributed by atoms with Gasteiger partial charge < -0.3 is 0 Å². The molecule has 2 rings (SSSR count). The van der Waals surface area contributed by atoms with E-state index in [2.05, 4.69) is 0 Å². The number of hydrogen-bond donors (Lipinski definition) is 0. The van der Waals surface area contributed by atoms with Gasteiger partial charge in [-0.15, -0.1) is 0 Å². The summed E-state index contributed by atoms with van der Waals surface area (Å²) in [5, 5.41) is 0. The van der Waals surface area contributed by atoms with E-state index in [1.807, 2.05) is 0 Å². The van der Waals surface area contributed by atoms with Gasteiger partial charge in [-0.3, -0.25) is 0 Å². The third-order valence-corrected chi connectivity index (χ3v) is 2.53. The molecule has 0 aromatic carbocycles. The molecule has 2 aliphatic rings. The molecular formula is C8H6F10. The van der Waals surface area contributed by atoms with Gasteiger partial charge in [0.15, 0.2) is 6.17 Å². The monoisotopic (exact) mass is 292 g/mol. The Morgan fingerprint density at radius 2 is 1.11 bits per heavy atom. The minimum atomic E-state index is -4.42. The highest BCUT2D eigenvalue weighted by molar-refractivity contribution is 5.04. The zero-order chi connectivity index (χ0) is 14.6. The molecule has 108 valence electrons. The first-order chi connectivity index (χ1) is 7.74. The van der Waals surface area contributed by atoms with Gasteiger partial charge in [-0.05, 0) is 0 Å². The van der Waals surface area contributed by atoms with E-state index < -0.39 is 48.9 Å². The van der Waals surface area contributed by atoms with Crippen LogP contribution in [0.15, 0.2) is 0 Å². The lowest BCUT2D eigenvalue weighted by molar-refractivity contribution is -0.313. The summed E-state index contributed by atoms with van der Waals surface area (Å²) >= 11 is 0. The van der Waals surface area contributed by atoms with E-state index in [-0.39, 0.29) is 0 Å². The van der Waals surface area contributed by atoms with Crippen LogP contribution in [0.4, 0.5) is 43.9 Å². The van der Waals surface area contributed by atoms with Crippen molar-refractivity contribution in [3.63, 3.8) is 0 Å². The van der Waals surface area contributed by atoms with Gasteiger partial charge in [0, 0.05) is 0 Å². The molecule has 2 aliphatic carbocycles. The Bertz CT molecular complexity index is 308. The second-order valence-corrected chi connectivity index (χ2v) is 4.06. The first kappa shape index (κ1) is 15.4. The fraction of sp³-hybridized carbons (Fsp3) is 1.00. The maximum absolute atomic E-state index is 11.6. The Kier molecular flexibility index (Phi) is 3.32. The highest BCUT2D eigenvalue weighted by atomic mass is 19.3. The summed E-state index contributed by atoms with van der Waals surface area (Å²) in [7, 11) is 0. The zero-order valence-corrected chi connectivity index (χ0v) is 8.35. The van der Waals surface area contributed by atoms with Crippen LogP contribution in [-0.2, 0) is 0 Å². The maximum Gasteiger partial charge on any atom is 0.340 e. The van der Waals surface area contributed by atoms with E-state index >= 15 is 0 Å². The largest absolute Gasteiger partial charge is 0.340 e. The van der Waals surface area contributed by atoms with Gasteiger partial charge in [-0.1, -0.05) is 0 Å². The van der Waals surface area contributed by atoms with Crippen LogP contribution in [0.1, 0.15) is 12.8 Å². The molecule has 0 aromatic heterocycles. The second kappa shape index (κ2) is 3.89. The molecular weight excluding hydrogens is 286 g/mol. The molecule has 0 nitrogen and oxygen atoms in total. The molecule has 0 aliphatic heterocycles. The summed E-state index contributed by atoms with van der Waals surface area (Å²) in [6, 6.07) is 0. The number of halogens is 10. The lowest BCUT2D eigenvalue weighted by Crippen LogP contribution is -2.60. The smallest absolute Gasteiger partial charge is 0.240 e. The third kappa shape index (κ3) is 2.25. The SMILES string of the molecule is FC1C(F)(F)CC1(F)F.FC1CC(F)(F)C1(F)F. The van der Waals surface area contributed by atoms with Gasteiger partial charge in [0.25, 0.3) is 11.8 Å². The second-order valence-electron chi connectivity index (χ2n) is 4.06. The lowest BCUT2D eigenvalue weighted by atomic mass is 9.87. The standard InChI is InChI=1S/2C4H3F5/c5-2-3(6,7)1-4(2,8)9;5-2-1-3(6,7)4(2,8)9/h2*2H,1H2. The van der Waals surface area contributed by atoms with Crippen molar-refractivity contribution < 1.29 is 43.9 Å². The quantitative estimate of drug-likeness (QED) is 0.592. The van der Waals surface area contributed by atoms with E-state index in [1.54, 1.807) is 0 Å². The Balaban J connectivity index is 0.000000180. The minimum absolute atomic E-state index is 1.35. The van der Waals surface area contributed by atoms with Crippen molar-refractivity contribution in [3.05, 3.63) is 0 Å². The summed E-state index contributed by atoms with van der Waals surface area (Å²) in [6.07, 6.45) is -8.93. The molecule has 1 unspecified atom stereocenters. The van der Waals surface area contributed by atoms with Gasteiger partial charge in [0.05, 0.1) is 12.8 Å². The van der Waals surface area contributed by atoms with Crippen LogP contribution in [0.2, 0.25) is 0 Å². The molecule has 18 heavy (non-hydrogen) atoms. The molecule has 0 spiro atoms. The Labute approximate surface area is 93.9 Å². The van der Waals surface area contributed by atoms with Crippen molar-refractivity contribution in [3.8, 4) is 0 Å². The molecule has 2 saturated carbocycles. The van der Waals surface area contributed by atoms with Gasteiger partial charge >= 0.3 is 11.8 Å². The summed E-state index contributed by atoms with van der Waals surface area (Å²) in [6.45, 7) is 0. The summed E-state index contributed by atoms with van der Waals surface area (Å²) < 4.78 is 116. The van der Waals surface area contributed by atoms with Crippen molar-refractivity contribution in [2.24, 2.45) is 0 Å². The van der Waals surface area contributed by atoms with Crippen LogP contribution in [0.25, 0.3) is 0 Å². The van der Waals surface area contributed by atoms with Crippen LogP contribution in [0.5, 0.6) is 0 Å². The van der Waals surface area contributed by atoms with Crippen LogP contribution in [0, 0.1) is 0 Å². The number of rotatable bonds is 0. The molecule has 1 atom stereocenters. The topological polar surface area (TPSA) is 0 Å². The molecule has 0 amide bonds. The average Bonchev–Trinajstić information content (AvgIpc) is 2.16. The summed E-state index contributed by atoms with van der Waals surface area (Å²) in [5.74, 6) is -16.1. The van der Waals surface area contributed by atoms with E-state index in [0.29, 0.717) is 0 Å². The summed E-state index contributed by atoms with van der Waals surface area (Å²) in [4.78, 5) is 0. The van der Waals surface area contributed by atoms with Gasteiger partial charge in [0.2, 0.25) is 6.17 Å². The molecule has 0 radical (unpaired) electrons. The predicted octanol–water partition coefficient (Wildman–Crippen LogP) is 4.00. The Hall–Kier alpha value is -0.700. The first-order valence-corrected chi connectivity index (χ1v) is 4.53. The lowest BCUT2D eigenvalue weighted by Gasteiger charge is -2.38. The Morgan fingerprint density at radius 3 is 1.11 bits per heavy atom. The first-order valence-electron chi connectivity index (χ1n) is 4.53. The van der Waals surface area contributed by atoms with Gasteiger partial charge in [-0.2, -0.15) is 17.6 Å². The average molecular weight is 292 g/mol. The predicted molar refractivity (Wildman–Crippen MR) is 38.8 cm³/mol. The van der Waals surface area contributed by atoms with Crippen LogP contribution >= 0.6 is 0 Å². The minimum Gasteiger partial charge on any atom is -0.240 e. The molecule has 2 fully saturated rings. The summed E-state index contributed by atoms with van der Waals surface area (Å²) in [5.41, 5.74) is 0. The van der Waals surface area contributed by atoms with Crippen LogP contribution < -0.4 is 0 Å². The molecule has 0 bridgehead atoms. The normalized spacial score (nSPS) is 34.7. The Morgan fingerprint density at radius 1 is 0.722 bits per heavy atom. The maximum atomic E-state index is 11.6. The molecule has 0 N–H and O–H groups in total. The van der Waals surface area contributed by atoms with Crippen molar-refractivity contribution in [1.82, 2.24) is 0 Å². The van der Waals surface area contributed by atoms with E-state index in [1.165, 1.54) is 0 Å². The zero-order valence-electron chi connectivity index (χ0n) is 8.35. The molecule has 0 saturated heterocycles. The van der Waals surface area contributed by atoms with Crippen molar-refractivity contribution in [2.45, 2.75) is 48.9 Å². The van der Waals surface area contributed by atoms with Crippen LogP contribution in [-0.4, -0.2) is 36.0 Å². The number of hydrogen-bond acceptors (Lipinski definition) is 0. The van der Waals surface area contributed by atoms with E-state index in [4.69, 9.17) is 0 Å². The molecule has 0 aromatic rings. The van der Waals surface area contributed by atoms with Crippen molar-refractivity contribution in [1.29, 1.82) is 0 Å². The number of alkyl halides is 10. The van der Waals surface area contributed by atoms with Gasteiger partial charge in [0.1, 0.15) is 0 Å². The molecule has 0 heterocycles. The molecule has 10 heteroatoms. The van der Waals surface area contributed by atoms with E-state index in [0.717, 1.165) is 0 Å². The van der Waals surface area contributed by atoms with Crippen molar-refractivity contribution in [2.75, 3.05) is 0 Å². The highest BCUT2D eigenvalue weighted by Gasteiger charge is 2.72. The highest BCUT2D eigenvalue weighted by Crippen LogP contribution is 2.52. The third-order valence-electron chi connectivity index (χ3n) is 2.53. The fourth-order valence-electron chi connectivity index (χ4n) is 1.26. The fourth-order valence-corrected chi connectivity index (χ4v) is 1.26. The van der Waals surface area contributed by atoms with E-state index in [9.17, 15) is 43.9 Å².